The second kappa shape index (κ2) is 10.4. The average molecular weight is 497 g/mol. The van der Waals surface area contributed by atoms with Crippen LogP contribution in [0.15, 0.2) is 35.7 Å². The molecule has 0 aromatic carbocycles. The molecule has 152 valence electrons. The molecule has 2 N–H and O–H groups in total. The SMILES string of the molecule is CCC(=O)N1CCC(NC(=NC)NCc2ccc(-n3ccnc3C)nc2)C1.I. The number of rotatable bonds is 5. The molecule has 3 heterocycles. The number of guanidine groups is 1. The van der Waals surface area contributed by atoms with E-state index in [0.29, 0.717) is 13.0 Å². The minimum atomic E-state index is 0. The number of carbonyl (C=O) groups is 1. The van der Waals surface area contributed by atoms with E-state index in [1.165, 1.54) is 0 Å². The number of nitrogens with one attached hydrogen (secondary N) is 2. The van der Waals surface area contributed by atoms with Crippen LogP contribution in [0, 0.1) is 6.92 Å². The van der Waals surface area contributed by atoms with Crippen LogP contribution in [0.5, 0.6) is 0 Å². The van der Waals surface area contributed by atoms with Crippen LogP contribution in [-0.2, 0) is 11.3 Å². The van der Waals surface area contributed by atoms with Gasteiger partial charge in [0.1, 0.15) is 11.6 Å². The lowest BCUT2D eigenvalue weighted by Gasteiger charge is -2.18. The number of aliphatic imine (C=N–C) groups is 1. The van der Waals surface area contributed by atoms with E-state index in [1.807, 2.05) is 47.8 Å². The summed E-state index contributed by atoms with van der Waals surface area (Å²) in [5, 5.41) is 6.71. The van der Waals surface area contributed by atoms with E-state index in [9.17, 15) is 4.79 Å². The largest absolute Gasteiger partial charge is 0.352 e. The van der Waals surface area contributed by atoms with E-state index in [1.54, 1.807) is 13.2 Å². The highest BCUT2D eigenvalue weighted by atomic mass is 127. The van der Waals surface area contributed by atoms with Crippen molar-refractivity contribution in [3.05, 3.63) is 42.1 Å². The van der Waals surface area contributed by atoms with Gasteiger partial charge in [0.05, 0.1) is 0 Å². The van der Waals surface area contributed by atoms with Gasteiger partial charge in [0.25, 0.3) is 0 Å². The van der Waals surface area contributed by atoms with Crippen LogP contribution in [-0.4, -0.2) is 57.5 Å². The molecule has 0 aliphatic carbocycles. The number of hydrogen-bond donors (Lipinski definition) is 2. The average Bonchev–Trinajstić information content (AvgIpc) is 3.34. The third-order valence-corrected chi connectivity index (χ3v) is 4.75. The number of nitrogens with zero attached hydrogens (tertiary/aromatic N) is 5. The first-order valence-corrected chi connectivity index (χ1v) is 9.31. The van der Waals surface area contributed by atoms with Crippen molar-refractivity contribution in [1.82, 2.24) is 30.1 Å². The van der Waals surface area contributed by atoms with Gasteiger partial charge in [-0.25, -0.2) is 9.97 Å². The fourth-order valence-corrected chi connectivity index (χ4v) is 3.19. The molecule has 2 aromatic heterocycles. The molecule has 1 atom stereocenters. The smallest absolute Gasteiger partial charge is 0.222 e. The third kappa shape index (κ3) is 5.43. The van der Waals surface area contributed by atoms with Crippen LogP contribution >= 0.6 is 24.0 Å². The van der Waals surface area contributed by atoms with Crippen molar-refractivity contribution >= 4 is 35.8 Å². The predicted octanol–water partition coefficient (Wildman–Crippen LogP) is 1.87. The Kier molecular flexibility index (Phi) is 8.21. The van der Waals surface area contributed by atoms with Crippen molar-refractivity contribution in [2.24, 2.45) is 4.99 Å². The summed E-state index contributed by atoms with van der Waals surface area (Å²) in [7, 11) is 1.75. The first-order chi connectivity index (χ1) is 13.1. The number of amides is 1. The lowest BCUT2D eigenvalue weighted by molar-refractivity contribution is -0.129. The lowest BCUT2D eigenvalue weighted by atomic mass is 10.2. The molecular formula is C19H28IN7O. The van der Waals surface area contributed by atoms with E-state index in [4.69, 9.17) is 0 Å². The highest BCUT2D eigenvalue weighted by Gasteiger charge is 2.25. The molecule has 0 spiro atoms. The summed E-state index contributed by atoms with van der Waals surface area (Å²) in [5.41, 5.74) is 1.06. The highest BCUT2D eigenvalue weighted by Crippen LogP contribution is 2.11. The fraction of sp³-hybridized carbons (Fsp3) is 0.474. The molecule has 28 heavy (non-hydrogen) atoms. The van der Waals surface area contributed by atoms with Crippen molar-refractivity contribution in [3.8, 4) is 5.82 Å². The van der Waals surface area contributed by atoms with Crippen LogP contribution in [0.25, 0.3) is 5.82 Å². The Labute approximate surface area is 182 Å². The van der Waals surface area contributed by atoms with Gasteiger partial charge in [0.15, 0.2) is 5.96 Å². The summed E-state index contributed by atoms with van der Waals surface area (Å²) < 4.78 is 1.95. The van der Waals surface area contributed by atoms with Gasteiger partial charge in [-0.2, -0.15) is 0 Å². The van der Waals surface area contributed by atoms with Crippen molar-refractivity contribution in [2.75, 3.05) is 20.1 Å². The lowest BCUT2D eigenvalue weighted by Crippen LogP contribution is -2.44. The molecule has 1 aliphatic rings. The molecule has 0 saturated carbocycles. The van der Waals surface area contributed by atoms with Crippen LogP contribution in [0.2, 0.25) is 0 Å². The Morgan fingerprint density at radius 3 is 2.79 bits per heavy atom. The standard InChI is InChI=1S/C19H27N7O.HI/c1-4-18(27)25-9-7-16(13-25)24-19(20-3)23-12-15-5-6-17(22-11-15)26-10-8-21-14(26)2;/h5-6,8,10-11,16H,4,7,9,12-13H2,1-3H3,(H2,20,23,24);1H. The van der Waals surface area contributed by atoms with Crippen molar-refractivity contribution in [3.63, 3.8) is 0 Å². The van der Waals surface area contributed by atoms with Crippen molar-refractivity contribution in [1.29, 1.82) is 0 Å². The molecule has 3 rings (SSSR count). The van der Waals surface area contributed by atoms with Gasteiger partial charge >= 0.3 is 0 Å². The highest BCUT2D eigenvalue weighted by molar-refractivity contribution is 14.0. The first-order valence-electron chi connectivity index (χ1n) is 9.31. The van der Waals surface area contributed by atoms with Crippen LogP contribution in [0.1, 0.15) is 31.2 Å². The monoisotopic (exact) mass is 497 g/mol. The maximum atomic E-state index is 11.8. The van der Waals surface area contributed by atoms with E-state index in [-0.39, 0.29) is 35.9 Å². The molecule has 0 radical (unpaired) electrons. The number of carbonyl (C=O) groups excluding carboxylic acids is 1. The molecule has 1 fully saturated rings. The Hall–Kier alpha value is -2.17. The minimum Gasteiger partial charge on any atom is -0.352 e. The predicted molar refractivity (Wildman–Crippen MR) is 120 cm³/mol. The van der Waals surface area contributed by atoms with Gasteiger partial charge < -0.3 is 15.5 Å². The zero-order valence-electron chi connectivity index (χ0n) is 16.6. The molecule has 9 heteroatoms. The van der Waals surface area contributed by atoms with Crippen molar-refractivity contribution < 1.29 is 4.79 Å². The van der Waals surface area contributed by atoms with E-state index in [0.717, 1.165) is 42.7 Å². The van der Waals surface area contributed by atoms with Gasteiger partial charge in [-0.05, 0) is 25.0 Å². The maximum absolute atomic E-state index is 11.8. The summed E-state index contributed by atoms with van der Waals surface area (Å²) in [5.74, 6) is 2.70. The molecule has 2 aromatic rings. The van der Waals surface area contributed by atoms with E-state index < -0.39 is 0 Å². The number of hydrogen-bond acceptors (Lipinski definition) is 4. The molecule has 0 bridgehead atoms. The van der Waals surface area contributed by atoms with Gasteiger partial charge in [0.2, 0.25) is 5.91 Å². The molecule has 1 saturated heterocycles. The fourth-order valence-electron chi connectivity index (χ4n) is 3.19. The summed E-state index contributed by atoms with van der Waals surface area (Å²) in [4.78, 5) is 26.7. The number of likely N-dealkylation sites (tertiary alicyclic amines) is 1. The third-order valence-electron chi connectivity index (χ3n) is 4.75. The van der Waals surface area contributed by atoms with E-state index >= 15 is 0 Å². The number of aromatic nitrogens is 3. The first kappa shape index (κ1) is 22.1. The molecule has 1 amide bonds. The zero-order valence-corrected chi connectivity index (χ0v) is 18.9. The second-order valence-electron chi connectivity index (χ2n) is 6.62. The summed E-state index contributed by atoms with van der Waals surface area (Å²) in [6.07, 6.45) is 7.01. The molecular weight excluding hydrogens is 469 g/mol. The summed E-state index contributed by atoms with van der Waals surface area (Å²) in [6.45, 7) is 6.01. The Morgan fingerprint density at radius 2 is 2.18 bits per heavy atom. The zero-order chi connectivity index (χ0) is 19.2. The van der Waals surface area contributed by atoms with Gasteiger partial charge in [-0.3, -0.25) is 14.4 Å². The van der Waals surface area contributed by atoms with Crippen LogP contribution in [0.3, 0.4) is 0 Å². The number of pyridine rings is 1. The normalized spacial score (nSPS) is 16.6. The van der Waals surface area contributed by atoms with Gasteiger partial charge in [-0.1, -0.05) is 13.0 Å². The maximum Gasteiger partial charge on any atom is 0.222 e. The van der Waals surface area contributed by atoms with E-state index in [2.05, 4.69) is 25.6 Å². The van der Waals surface area contributed by atoms with Gasteiger partial charge in [0, 0.05) is 57.7 Å². The minimum absolute atomic E-state index is 0. The number of aryl methyl sites for hydroxylation is 1. The number of imidazole rings is 1. The summed E-state index contributed by atoms with van der Waals surface area (Å²) >= 11 is 0. The Morgan fingerprint density at radius 1 is 1.36 bits per heavy atom. The quantitative estimate of drug-likeness (QED) is 0.374. The second-order valence-corrected chi connectivity index (χ2v) is 6.62. The van der Waals surface area contributed by atoms with Crippen molar-refractivity contribution in [2.45, 2.75) is 39.3 Å². The topological polar surface area (TPSA) is 87.4 Å². The molecule has 8 nitrogen and oxygen atoms in total. The molecule has 1 aliphatic heterocycles. The summed E-state index contributed by atoms with van der Waals surface area (Å²) in [6, 6.07) is 4.25. The Balaban J connectivity index is 0.00000280. The van der Waals surface area contributed by atoms with Crippen LogP contribution in [0.4, 0.5) is 0 Å². The number of halogens is 1. The Bertz CT molecular complexity index is 803. The van der Waals surface area contributed by atoms with Crippen LogP contribution < -0.4 is 10.6 Å². The van der Waals surface area contributed by atoms with Gasteiger partial charge in [-0.15, -0.1) is 24.0 Å². The molecule has 1 unspecified atom stereocenters.